The van der Waals surface area contributed by atoms with Crippen molar-refractivity contribution >= 4 is 32.6 Å². The standard InChI is InChI=1S/C27H21N3O2S/c1-19-8-5-14-24-25(19)29-27(33-24)30(18-20-9-7-15-28-17-20)26(31)21-10-6-13-23(16-21)32-22-11-3-2-4-12-22/h2-17H,18H2,1H3. The molecular formula is C27H21N3O2S. The molecule has 3 aromatic carbocycles. The highest BCUT2D eigenvalue weighted by atomic mass is 32.1. The number of hydrogen-bond donors (Lipinski definition) is 0. The van der Waals surface area contributed by atoms with Crippen LogP contribution >= 0.6 is 11.3 Å². The van der Waals surface area contributed by atoms with Crippen molar-refractivity contribution in [3.05, 3.63) is 114 Å². The number of pyridine rings is 1. The van der Waals surface area contributed by atoms with Gasteiger partial charge in [0.2, 0.25) is 0 Å². The van der Waals surface area contributed by atoms with Gasteiger partial charge in [0, 0.05) is 18.0 Å². The minimum Gasteiger partial charge on any atom is -0.457 e. The molecule has 5 nitrogen and oxygen atoms in total. The molecule has 2 aromatic heterocycles. The Kier molecular flexibility index (Phi) is 5.83. The molecule has 0 bridgehead atoms. The highest BCUT2D eigenvalue weighted by molar-refractivity contribution is 7.22. The molecule has 0 N–H and O–H groups in total. The molecule has 0 atom stereocenters. The molecule has 33 heavy (non-hydrogen) atoms. The lowest BCUT2D eigenvalue weighted by Gasteiger charge is -2.20. The van der Waals surface area contributed by atoms with Crippen LogP contribution in [0.1, 0.15) is 21.5 Å². The van der Waals surface area contributed by atoms with E-state index in [-0.39, 0.29) is 5.91 Å². The molecule has 0 saturated heterocycles. The molecule has 1 amide bonds. The normalized spacial score (nSPS) is 10.8. The first kappa shape index (κ1) is 20.8. The van der Waals surface area contributed by atoms with Gasteiger partial charge in [-0.05, 0) is 60.5 Å². The maximum absolute atomic E-state index is 13.7. The van der Waals surface area contributed by atoms with Crippen LogP contribution in [0.15, 0.2) is 97.3 Å². The van der Waals surface area contributed by atoms with Crippen molar-refractivity contribution in [3.63, 3.8) is 0 Å². The Balaban J connectivity index is 1.51. The third kappa shape index (κ3) is 4.61. The number of nitrogens with zero attached hydrogens (tertiary/aromatic N) is 3. The number of rotatable bonds is 6. The van der Waals surface area contributed by atoms with Gasteiger partial charge in [0.25, 0.3) is 5.91 Å². The molecule has 5 rings (SSSR count). The molecule has 0 aliphatic carbocycles. The highest BCUT2D eigenvalue weighted by Gasteiger charge is 2.23. The number of amides is 1. The second-order valence-corrected chi connectivity index (χ2v) is 8.62. The van der Waals surface area contributed by atoms with Gasteiger partial charge in [-0.2, -0.15) is 0 Å². The SMILES string of the molecule is Cc1cccc2sc(N(Cc3cccnc3)C(=O)c3cccc(Oc4ccccc4)c3)nc12. The molecule has 5 aromatic rings. The zero-order valence-corrected chi connectivity index (χ0v) is 18.8. The number of hydrogen-bond acceptors (Lipinski definition) is 5. The minimum atomic E-state index is -0.144. The van der Waals surface area contributed by atoms with Crippen molar-refractivity contribution in [3.8, 4) is 11.5 Å². The molecule has 0 saturated carbocycles. The summed E-state index contributed by atoms with van der Waals surface area (Å²) < 4.78 is 6.99. The van der Waals surface area contributed by atoms with Crippen LogP contribution in [0.3, 0.4) is 0 Å². The fourth-order valence-corrected chi connectivity index (χ4v) is 4.60. The first-order valence-corrected chi connectivity index (χ1v) is 11.4. The Hall–Kier alpha value is -4.03. The van der Waals surface area contributed by atoms with E-state index in [4.69, 9.17) is 9.72 Å². The number of aromatic nitrogens is 2. The van der Waals surface area contributed by atoms with E-state index in [0.29, 0.717) is 23.0 Å². The fourth-order valence-electron chi connectivity index (χ4n) is 3.56. The molecule has 162 valence electrons. The summed E-state index contributed by atoms with van der Waals surface area (Å²) in [6, 6.07) is 26.7. The zero-order valence-electron chi connectivity index (χ0n) is 18.0. The van der Waals surface area contributed by atoms with Gasteiger partial charge >= 0.3 is 0 Å². The first-order valence-electron chi connectivity index (χ1n) is 10.6. The van der Waals surface area contributed by atoms with Crippen molar-refractivity contribution in [1.29, 1.82) is 0 Å². The first-order chi connectivity index (χ1) is 16.2. The van der Waals surface area contributed by atoms with E-state index in [0.717, 1.165) is 27.1 Å². The van der Waals surface area contributed by atoms with Gasteiger partial charge in [-0.25, -0.2) is 4.98 Å². The Morgan fingerprint density at radius 2 is 1.76 bits per heavy atom. The van der Waals surface area contributed by atoms with E-state index in [9.17, 15) is 4.79 Å². The summed E-state index contributed by atoms with van der Waals surface area (Å²) in [4.78, 5) is 24.5. The molecule has 0 aliphatic heterocycles. The van der Waals surface area contributed by atoms with Gasteiger partial charge in [0.15, 0.2) is 5.13 Å². The topological polar surface area (TPSA) is 55.3 Å². The predicted octanol–water partition coefficient (Wildman–Crippen LogP) is 6.64. The van der Waals surface area contributed by atoms with Crippen molar-refractivity contribution in [2.45, 2.75) is 13.5 Å². The lowest BCUT2D eigenvalue weighted by molar-refractivity contribution is 0.0985. The Bertz CT molecular complexity index is 1400. The van der Waals surface area contributed by atoms with E-state index >= 15 is 0 Å². The van der Waals surface area contributed by atoms with E-state index < -0.39 is 0 Å². The zero-order chi connectivity index (χ0) is 22.6. The summed E-state index contributed by atoms with van der Waals surface area (Å²) in [7, 11) is 0. The fraction of sp³-hybridized carbons (Fsp3) is 0.0741. The lowest BCUT2D eigenvalue weighted by Crippen LogP contribution is -2.30. The van der Waals surface area contributed by atoms with Crippen LogP contribution in [0.5, 0.6) is 11.5 Å². The molecule has 2 heterocycles. The molecule has 0 fully saturated rings. The van der Waals surface area contributed by atoms with Gasteiger partial charge in [0.1, 0.15) is 11.5 Å². The average Bonchev–Trinajstić information content (AvgIpc) is 3.29. The maximum atomic E-state index is 13.7. The van der Waals surface area contributed by atoms with E-state index in [1.54, 1.807) is 29.4 Å². The molecule has 0 radical (unpaired) electrons. The van der Waals surface area contributed by atoms with Gasteiger partial charge in [0.05, 0.1) is 16.8 Å². The summed E-state index contributed by atoms with van der Waals surface area (Å²) >= 11 is 1.51. The minimum absolute atomic E-state index is 0.144. The van der Waals surface area contributed by atoms with E-state index in [2.05, 4.69) is 4.98 Å². The van der Waals surface area contributed by atoms with Crippen molar-refractivity contribution < 1.29 is 9.53 Å². The monoisotopic (exact) mass is 451 g/mol. The van der Waals surface area contributed by atoms with Gasteiger partial charge in [-0.15, -0.1) is 0 Å². The summed E-state index contributed by atoms with van der Waals surface area (Å²) in [6.07, 6.45) is 3.49. The highest BCUT2D eigenvalue weighted by Crippen LogP contribution is 2.33. The van der Waals surface area contributed by atoms with E-state index in [1.807, 2.05) is 79.7 Å². The quantitative estimate of drug-likeness (QED) is 0.290. The van der Waals surface area contributed by atoms with Crippen molar-refractivity contribution in [1.82, 2.24) is 9.97 Å². The van der Waals surface area contributed by atoms with Crippen LogP contribution < -0.4 is 9.64 Å². The van der Waals surface area contributed by atoms with Crippen LogP contribution in [0.2, 0.25) is 0 Å². The molecule has 6 heteroatoms. The Morgan fingerprint density at radius 1 is 0.939 bits per heavy atom. The molecular weight excluding hydrogens is 430 g/mol. The van der Waals surface area contributed by atoms with Crippen LogP contribution in [-0.2, 0) is 6.54 Å². The number of anilines is 1. The molecule has 0 spiro atoms. The predicted molar refractivity (Wildman–Crippen MR) is 132 cm³/mol. The number of para-hydroxylation sites is 2. The number of aryl methyl sites for hydroxylation is 1. The number of thiazole rings is 1. The Morgan fingerprint density at radius 3 is 2.55 bits per heavy atom. The number of carbonyl (C=O) groups excluding carboxylic acids is 1. The van der Waals surface area contributed by atoms with Crippen molar-refractivity contribution in [2.24, 2.45) is 0 Å². The Labute approximate surface area is 195 Å². The smallest absolute Gasteiger partial charge is 0.260 e. The van der Waals surface area contributed by atoms with Crippen LogP contribution in [0.25, 0.3) is 10.2 Å². The van der Waals surface area contributed by atoms with Gasteiger partial charge < -0.3 is 4.74 Å². The molecule has 0 unspecified atom stereocenters. The van der Waals surface area contributed by atoms with Crippen LogP contribution in [-0.4, -0.2) is 15.9 Å². The average molecular weight is 452 g/mol. The maximum Gasteiger partial charge on any atom is 0.260 e. The molecule has 0 aliphatic rings. The summed E-state index contributed by atoms with van der Waals surface area (Å²) in [6.45, 7) is 2.40. The van der Waals surface area contributed by atoms with Crippen molar-refractivity contribution in [2.75, 3.05) is 4.90 Å². The number of carbonyl (C=O) groups is 1. The van der Waals surface area contributed by atoms with Gasteiger partial charge in [-0.1, -0.05) is 53.8 Å². The summed E-state index contributed by atoms with van der Waals surface area (Å²) in [5.41, 5.74) is 3.46. The third-order valence-corrected chi connectivity index (χ3v) is 6.25. The van der Waals surface area contributed by atoms with Crippen LogP contribution in [0, 0.1) is 6.92 Å². The lowest BCUT2D eigenvalue weighted by atomic mass is 10.1. The number of ether oxygens (including phenoxy) is 1. The summed E-state index contributed by atoms with van der Waals surface area (Å²) in [5, 5.41) is 0.655. The number of fused-ring (bicyclic) bond motifs is 1. The van der Waals surface area contributed by atoms with E-state index in [1.165, 1.54) is 11.3 Å². The van der Waals surface area contributed by atoms with Crippen LogP contribution in [0.4, 0.5) is 5.13 Å². The summed E-state index contributed by atoms with van der Waals surface area (Å²) in [5.74, 6) is 1.18. The third-order valence-electron chi connectivity index (χ3n) is 5.21. The second kappa shape index (κ2) is 9.22. The second-order valence-electron chi connectivity index (χ2n) is 7.61. The largest absolute Gasteiger partial charge is 0.457 e. The van der Waals surface area contributed by atoms with Gasteiger partial charge in [-0.3, -0.25) is 14.7 Å². The number of benzene rings is 3.